The Balaban J connectivity index is 1.77. The fourth-order valence-electron chi connectivity index (χ4n) is 3.27. The first kappa shape index (κ1) is 21.2. The number of fused-ring (bicyclic) bond motifs is 1. The fraction of sp³-hybridized carbons (Fsp3) is 0.381. The number of H-pyrrole nitrogens is 1. The second-order valence-corrected chi connectivity index (χ2v) is 6.55. The van der Waals surface area contributed by atoms with Gasteiger partial charge in [-0.05, 0) is 32.9 Å². The quantitative estimate of drug-likeness (QED) is 0.540. The van der Waals surface area contributed by atoms with Crippen molar-refractivity contribution in [2.75, 3.05) is 33.5 Å². The molecule has 0 spiro atoms. The van der Waals surface area contributed by atoms with E-state index in [9.17, 15) is 14.4 Å². The summed E-state index contributed by atoms with van der Waals surface area (Å²) in [6, 6.07) is 2.93. The molecule has 1 aromatic heterocycles. The number of aromatic amines is 1. The molecule has 160 valence electrons. The number of benzene rings is 1. The van der Waals surface area contributed by atoms with Crippen LogP contribution in [0, 0.1) is 13.8 Å². The van der Waals surface area contributed by atoms with Crippen LogP contribution in [0.15, 0.2) is 12.1 Å². The van der Waals surface area contributed by atoms with Crippen molar-refractivity contribution >= 4 is 17.7 Å². The lowest BCUT2D eigenvalue weighted by Crippen LogP contribution is -2.19. The minimum absolute atomic E-state index is 0.149. The van der Waals surface area contributed by atoms with Crippen molar-refractivity contribution in [3.63, 3.8) is 0 Å². The van der Waals surface area contributed by atoms with Crippen LogP contribution >= 0.6 is 0 Å². The number of hydrogen-bond acceptors (Lipinski definition) is 8. The van der Waals surface area contributed by atoms with E-state index in [1.165, 1.54) is 19.2 Å². The maximum Gasteiger partial charge on any atom is 0.340 e. The molecule has 0 atom stereocenters. The summed E-state index contributed by atoms with van der Waals surface area (Å²) in [5, 5.41) is 0. The monoisotopic (exact) mass is 417 g/mol. The van der Waals surface area contributed by atoms with Gasteiger partial charge in [-0.1, -0.05) is 0 Å². The number of carbonyl (C=O) groups excluding carboxylic acids is 3. The number of nitrogens with one attached hydrogen (secondary N) is 1. The van der Waals surface area contributed by atoms with Gasteiger partial charge in [-0.15, -0.1) is 0 Å². The molecule has 2 heterocycles. The van der Waals surface area contributed by atoms with Crippen molar-refractivity contribution in [3.8, 4) is 17.2 Å². The largest absolute Gasteiger partial charge is 0.493 e. The van der Waals surface area contributed by atoms with Crippen LogP contribution in [0.4, 0.5) is 0 Å². The third-order valence-electron chi connectivity index (χ3n) is 4.53. The highest BCUT2D eigenvalue weighted by atomic mass is 16.6. The predicted octanol–water partition coefficient (Wildman–Crippen LogP) is 2.63. The molecule has 0 fully saturated rings. The molecule has 9 heteroatoms. The Kier molecular flexibility index (Phi) is 6.29. The number of ether oxygens (including phenoxy) is 5. The van der Waals surface area contributed by atoms with Crippen molar-refractivity contribution in [2.45, 2.75) is 20.8 Å². The molecule has 30 heavy (non-hydrogen) atoms. The van der Waals surface area contributed by atoms with Gasteiger partial charge >= 0.3 is 11.9 Å². The van der Waals surface area contributed by atoms with Crippen LogP contribution in [0.2, 0.25) is 0 Å². The summed E-state index contributed by atoms with van der Waals surface area (Å²) in [6.07, 6.45) is 0. The molecule has 0 amide bonds. The summed E-state index contributed by atoms with van der Waals surface area (Å²) in [4.78, 5) is 40.4. The highest BCUT2D eigenvalue weighted by Crippen LogP contribution is 2.40. The van der Waals surface area contributed by atoms with E-state index in [2.05, 4.69) is 4.98 Å². The van der Waals surface area contributed by atoms with Crippen molar-refractivity contribution in [2.24, 2.45) is 0 Å². The SMILES string of the molecule is CCOC(=O)c1c(C)[nH]c(C)c1C(=O)COC(=O)c1cc(OC)c2c(c1)OCCO2. The normalized spacial score (nSPS) is 12.3. The molecule has 0 radical (unpaired) electrons. The van der Waals surface area contributed by atoms with E-state index in [1.807, 2.05) is 0 Å². The van der Waals surface area contributed by atoms with Gasteiger partial charge in [0.2, 0.25) is 11.5 Å². The first-order valence-electron chi connectivity index (χ1n) is 9.41. The van der Waals surface area contributed by atoms with E-state index in [-0.39, 0.29) is 23.3 Å². The number of aryl methyl sites for hydroxylation is 2. The molecule has 1 aliphatic rings. The van der Waals surface area contributed by atoms with E-state index < -0.39 is 24.3 Å². The number of carbonyl (C=O) groups is 3. The number of rotatable bonds is 7. The molecule has 9 nitrogen and oxygen atoms in total. The van der Waals surface area contributed by atoms with Crippen LogP contribution in [-0.2, 0) is 9.47 Å². The third-order valence-corrected chi connectivity index (χ3v) is 4.53. The molecule has 2 aromatic rings. The van der Waals surface area contributed by atoms with E-state index in [1.54, 1.807) is 20.8 Å². The fourth-order valence-corrected chi connectivity index (χ4v) is 3.27. The number of aromatic nitrogens is 1. The molecule has 0 saturated heterocycles. The van der Waals surface area contributed by atoms with Crippen molar-refractivity contribution in [1.82, 2.24) is 4.98 Å². The number of ketones is 1. The van der Waals surface area contributed by atoms with Gasteiger partial charge in [0.05, 0.1) is 30.4 Å². The van der Waals surface area contributed by atoms with Crippen LogP contribution in [0.5, 0.6) is 17.2 Å². The van der Waals surface area contributed by atoms with Gasteiger partial charge in [-0.2, -0.15) is 0 Å². The first-order chi connectivity index (χ1) is 14.4. The van der Waals surface area contributed by atoms with E-state index in [0.717, 1.165) is 0 Å². The number of hydrogen-bond donors (Lipinski definition) is 1. The lowest BCUT2D eigenvalue weighted by Gasteiger charge is -2.21. The molecule has 0 aliphatic carbocycles. The molecule has 1 aromatic carbocycles. The average Bonchev–Trinajstić information content (AvgIpc) is 3.04. The summed E-state index contributed by atoms with van der Waals surface area (Å²) in [5.41, 5.74) is 1.46. The maximum absolute atomic E-state index is 12.7. The molecule has 0 saturated carbocycles. The standard InChI is InChI=1S/C21H23NO8/c1-5-27-21(25)18-12(3)22-11(2)17(18)14(23)10-30-20(24)13-8-15(26-4)19-16(9-13)28-6-7-29-19/h8-9,22H,5-7,10H2,1-4H3. The number of esters is 2. The summed E-state index contributed by atoms with van der Waals surface area (Å²) in [5.74, 6) is -0.758. The van der Waals surface area contributed by atoms with Gasteiger partial charge in [0.25, 0.3) is 0 Å². The Labute approximate surface area is 173 Å². The highest BCUT2D eigenvalue weighted by Gasteiger charge is 2.27. The molecule has 3 rings (SSSR count). The van der Waals surface area contributed by atoms with Crippen molar-refractivity contribution < 1.29 is 38.1 Å². The molecule has 0 unspecified atom stereocenters. The first-order valence-corrected chi connectivity index (χ1v) is 9.41. The summed E-state index contributed by atoms with van der Waals surface area (Å²) in [7, 11) is 1.44. The summed E-state index contributed by atoms with van der Waals surface area (Å²) in [6.45, 7) is 5.37. The van der Waals surface area contributed by atoms with Gasteiger partial charge in [-0.25, -0.2) is 9.59 Å². The molecule has 1 aliphatic heterocycles. The van der Waals surface area contributed by atoms with E-state index in [0.29, 0.717) is 41.9 Å². The topological polar surface area (TPSA) is 113 Å². The van der Waals surface area contributed by atoms with E-state index in [4.69, 9.17) is 23.7 Å². The van der Waals surface area contributed by atoms with Crippen LogP contribution < -0.4 is 14.2 Å². The molecule has 0 bridgehead atoms. The number of methoxy groups -OCH3 is 1. The van der Waals surface area contributed by atoms with Crippen LogP contribution in [-0.4, -0.2) is 56.2 Å². The molecular weight excluding hydrogens is 394 g/mol. The van der Waals surface area contributed by atoms with Gasteiger partial charge < -0.3 is 28.7 Å². The summed E-state index contributed by atoms with van der Waals surface area (Å²) >= 11 is 0. The lowest BCUT2D eigenvalue weighted by atomic mass is 10.1. The van der Waals surface area contributed by atoms with Gasteiger partial charge in [-0.3, -0.25) is 4.79 Å². The summed E-state index contributed by atoms with van der Waals surface area (Å²) < 4.78 is 26.5. The smallest absolute Gasteiger partial charge is 0.340 e. The lowest BCUT2D eigenvalue weighted by molar-refractivity contribution is 0.0470. The Morgan fingerprint density at radius 2 is 1.70 bits per heavy atom. The minimum Gasteiger partial charge on any atom is -0.493 e. The molecule has 1 N–H and O–H groups in total. The Morgan fingerprint density at radius 3 is 2.40 bits per heavy atom. The predicted molar refractivity (Wildman–Crippen MR) is 105 cm³/mol. The highest BCUT2D eigenvalue weighted by molar-refractivity contribution is 6.09. The van der Waals surface area contributed by atoms with Gasteiger partial charge in [0, 0.05) is 11.4 Å². The second kappa shape index (κ2) is 8.89. The van der Waals surface area contributed by atoms with Crippen LogP contribution in [0.1, 0.15) is 49.4 Å². The zero-order valence-electron chi connectivity index (χ0n) is 17.2. The Bertz CT molecular complexity index is 974. The van der Waals surface area contributed by atoms with Crippen molar-refractivity contribution in [3.05, 3.63) is 40.2 Å². The van der Waals surface area contributed by atoms with Crippen LogP contribution in [0.3, 0.4) is 0 Å². The zero-order chi connectivity index (χ0) is 21.8. The van der Waals surface area contributed by atoms with E-state index >= 15 is 0 Å². The van der Waals surface area contributed by atoms with Crippen molar-refractivity contribution in [1.29, 1.82) is 0 Å². The minimum atomic E-state index is -0.735. The average molecular weight is 417 g/mol. The molecular formula is C21H23NO8. The Morgan fingerprint density at radius 1 is 1.00 bits per heavy atom. The second-order valence-electron chi connectivity index (χ2n) is 6.55. The van der Waals surface area contributed by atoms with Gasteiger partial charge in [0.15, 0.2) is 18.1 Å². The Hall–Kier alpha value is -3.49. The maximum atomic E-state index is 12.7. The third kappa shape index (κ3) is 4.10. The van der Waals surface area contributed by atoms with Crippen LogP contribution in [0.25, 0.3) is 0 Å². The number of Topliss-reactive ketones (excluding diaryl/α,β-unsaturated/α-hetero) is 1. The van der Waals surface area contributed by atoms with Gasteiger partial charge in [0.1, 0.15) is 13.2 Å². The zero-order valence-corrected chi connectivity index (χ0v) is 17.2.